The molecule has 0 aliphatic rings. The van der Waals surface area contributed by atoms with Crippen LogP contribution in [0.2, 0.25) is 0 Å². The van der Waals surface area contributed by atoms with Crippen molar-refractivity contribution < 1.29 is 17.9 Å². The maximum absolute atomic E-state index is 12.5. The van der Waals surface area contributed by atoms with Crippen molar-refractivity contribution in [3.63, 3.8) is 0 Å². The van der Waals surface area contributed by atoms with E-state index in [2.05, 4.69) is 4.98 Å². The maximum atomic E-state index is 12.5. The largest absolute Gasteiger partial charge is 0.439 e. The van der Waals surface area contributed by atoms with E-state index in [0.717, 1.165) is 23.9 Å². The van der Waals surface area contributed by atoms with Crippen molar-refractivity contribution >= 4 is 5.69 Å². The molecule has 1 aromatic heterocycles. The number of nitrogens with zero attached hydrogens (tertiary/aromatic N) is 1. The monoisotopic (exact) mass is 268 g/mol. The number of hydrogen-bond donors (Lipinski definition) is 1. The van der Waals surface area contributed by atoms with Crippen LogP contribution in [-0.2, 0) is 6.18 Å². The first-order valence-electron chi connectivity index (χ1n) is 5.43. The van der Waals surface area contributed by atoms with Gasteiger partial charge < -0.3 is 10.5 Å². The molecule has 19 heavy (non-hydrogen) atoms. The Kier molecular flexibility index (Phi) is 3.33. The van der Waals surface area contributed by atoms with E-state index >= 15 is 0 Å². The average Bonchev–Trinajstić information content (AvgIpc) is 2.33. The molecule has 0 atom stereocenters. The van der Waals surface area contributed by atoms with E-state index in [1.807, 2.05) is 0 Å². The van der Waals surface area contributed by atoms with E-state index in [-0.39, 0.29) is 5.88 Å². The van der Waals surface area contributed by atoms with Gasteiger partial charge in [0.1, 0.15) is 5.75 Å². The number of alkyl halides is 3. The van der Waals surface area contributed by atoms with Gasteiger partial charge in [-0.3, -0.25) is 0 Å². The summed E-state index contributed by atoms with van der Waals surface area (Å²) < 4.78 is 42.9. The van der Waals surface area contributed by atoms with E-state index in [1.165, 1.54) is 0 Å². The van der Waals surface area contributed by atoms with Crippen LogP contribution in [0.3, 0.4) is 0 Å². The van der Waals surface area contributed by atoms with Crippen molar-refractivity contribution in [3.05, 3.63) is 47.7 Å². The fourth-order valence-corrected chi connectivity index (χ4v) is 1.47. The first-order chi connectivity index (χ1) is 8.86. The molecule has 100 valence electrons. The van der Waals surface area contributed by atoms with Gasteiger partial charge in [0, 0.05) is 18.0 Å². The zero-order valence-corrected chi connectivity index (χ0v) is 10.0. The van der Waals surface area contributed by atoms with Crippen LogP contribution >= 0.6 is 0 Å². The molecule has 0 saturated heterocycles. The Bertz CT molecular complexity index is 597. The highest BCUT2D eigenvalue weighted by Gasteiger charge is 2.31. The third-order valence-electron chi connectivity index (χ3n) is 2.53. The predicted octanol–water partition coefficient (Wildman–Crippen LogP) is 3.78. The Balaban J connectivity index is 2.26. The van der Waals surface area contributed by atoms with Gasteiger partial charge in [0.15, 0.2) is 0 Å². The van der Waals surface area contributed by atoms with E-state index < -0.39 is 11.7 Å². The number of anilines is 1. The van der Waals surface area contributed by atoms with Gasteiger partial charge in [-0.15, -0.1) is 0 Å². The number of halogens is 3. The Morgan fingerprint density at radius 2 is 1.89 bits per heavy atom. The molecular formula is C13H11F3N2O. The third kappa shape index (κ3) is 3.15. The molecule has 0 aliphatic carbocycles. The van der Waals surface area contributed by atoms with Crippen molar-refractivity contribution in [1.82, 2.24) is 4.98 Å². The molecule has 0 bridgehead atoms. The van der Waals surface area contributed by atoms with Crippen LogP contribution in [-0.4, -0.2) is 4.98 Å². The molecule has 0 spiro atoms. The van der Waals surface area contributed by atoms with Gasteiger partial charge in [0.2, 0.25) is 5.88 Å². The van der Waals surface area contributed by atoms with Gasteiger partial charge in [-0.25, -0.2) is 4.98 Å². The van der Waals surface area contributed by atoms with Crippen LogP contribution in [0.1, 0.15) is 11.1 Å². The van der Waals surface area contributed by atoms with Crippen LogP contribution in [0.5, 0.6) is 11.6 Å². The lowest BCUT2D eigenvalue weighted by atomic mass is 10.2. The highest BCUT2D eigenvalue weighted by atomic mass is 19.4. The van der Waals surface area contributed by atoms with E-state index in [1.54, 1.807) is 25.1 Å². The zero-order chi connectivity index (χ0) is 14.0. The lowest BCUT2D eigenvalue weighted by Crippen LogP contribution is -2.05. The lowest BCUT2D eigenvalue weighted by Gasteiger charge is -2.10. The summed E-state index contributed by atoms with van der Waals surface area (Å²) in [5.41, 5.74) is 6.21. The van der Waals surface area contributed by atoms with Crippen molar-refractivity contribution in [2.24, 2.45) is 0 Å². The van der Waals surface area contributed by atoms with Crippen molar-refractivity contribution in [3.8, 4) is 11.6 Å². The predicted molar refractivity (Wildman–Crippen MR) is 64.9 cm³/mol. The minimum absolute atomic E-state index is 0.112. The van der Waals surface area contributed by atoms with Gasteiger partial charge >= 0.3 is 6.18 Å². The van der Waals surface area contributed by atoms with E-state index in [0.29, 0.717) is 11.4 Å². The second kappa shape index (κ2) is 4.79. The fraction of sp³-hybridized carbons (Fsp3) is 0.154. The molecule has 2 aromatic rings. The molecule has 0 saturated carbocycles. The molecule has 2 N–H and O–H groups in total. The third-order valence-corrected chi connectivity index (χ3v) is 2.53. The van der Waals surface area contributed by atoms with E-state index in [4.69, 9.17) is 10.5 Å². The number of aryl methyl sites for hydroxylation is 1. The first kappa shape index (κ1) is 13.2. The molecule has 0 amide bonds. The minimum Gasteiger partial charge on any atom is -0.439 e. The minimum atomic E-state index is -4.42. The van der Waals surface area contributed by atoms with Gasteiger partial charge in [-0.2, -0.15) is 13.2 Å². The number of aromatic nitrogens is 1. The SMILES string of the molecule is Cc1cc(Oc2cc(C(F)(F)F)ccn2)ccc1N. The summed E-state index contributed by atoms with van der Waals surface area (Å²) in [4.78, 5) is 3.75. The van der Waals surface area contributed by atoms with E-state index in [9.17, 15) is 13.2 Å². The summed E-state index contributed by atoms with van der Waals surface area (Å²) in [6.45, 7) is 1.78. The Morgan fingerprint density at radius 1 is 1.16 bits per heavy atom. The number of pyridine rings is 1. The normalized spacial score (nSPS) is 11.4. The summed E-state index contributed by atoms with van der Waals surface area (Å²) in [5, 5.41) is 0. The Morgan fingerprint density at radius 3 is 2.53 bits per heavy atom. The van der Waals surface area contributed by atoms with Crippen molar-refractivity contribution in [2.45, 2.75) is 13.1 Å². The van der Waals surface area contributed by atoms with Crippen LogP contribution in [0.4, 0.5) is 18.9 Å². The molecule has 3 nitrogen and oxygen atoms in total. The molecule has 0 fully saturated rings. The summed E-state index contributed by atoms with van der Waals surface area (Å²) in [5.74, 6) is 0.275. The molecule has 0 aliphatic heterocycles. The number of nitrogen functional groups attached to an aromatic ring is 1. The molecule has 1 aromatic carbocycles. The molecule has 2 rings (SSSR count). The number of benzene rings is 1. The number of hydrogen-bond acceptors (Lipinski definition) is 3. The lowest BCUT2D eigenvalue weighted by molar-refractivity contribution is -0.137. The summed E-state index contributed by atoms with van der Waals surface area (Å²) in [6.07, 6.45) is -3.36. The molecular weight excluding hydrogens is 257 g/mol. The second-order valence-electron chi connectivity index (χ2n) is 4.00. The summed E-state index contributed by atoms with van der Waals surface area (Å²) >= 11 is 0. The van der Waals surface area contributed by atoms with Crippen LogP contribution < -0.4 is 10.5 Å². The summed E-state index contributed by atoms with van der Waals surface area (Å²) in [7, 11) is 0. The zero-order valence-electron chi connectivity index (χ0n) is 10.0. The quantitative estimate of drug-likeness (QED) is 0.843. The standard InChI is InChI=1S/C13H11F3N2O/c1-8-6-10(2-3-11(8)17)19-12-7-9(4-5-18-12)13(14,15)16/h2-7H,17H2,1H3. The summed E-state index contributed by atoms with van der Waals surface area (Å²) in [6, 6.07) is 6.58. The molecule has 1 heterocycles. The van der Waals surface area contributed by atoms with Crippen molar-refractivity contribution in [2.75, 3.05) is 5.73 Å². The number of nitrogens with two attached hydrogens (primary N) is 1. The average molecular weight is 268 g/mol. The molecule has 6 heteroatoms. The van der Waals surface area contributed by atoms with Gasteiger partial charge in [0.05, 0.1) is 5.56 Å². The fourth-order valence-electron chi connectivity index (χ4n) is 1.47. The number of ether oxygens (including phenoxy) is 1. The van der Waals surface area contributed by atoms with Gasteiger partial charge in [-0.1, -0.05) is 0 Å². The smallest absolute Gasteiger partial charge is 0.416 e. The topological polar surface area (TPSA) is 48.1 Å². The Labute approximate surface area is 107 Å². The van der Waals surface area contributed by atoms with Gasteiger partial charge in [-0.05, 0) is 36.8 Å². The highest BCUT2D eigenvalue weighted by molar-refractivity contribution is 5.50. The van der Waals surface area contributed by atoms with Crippen LogP contribution in [0, 0.1) is 6.92 Å². The molecule has 0 radical (unpaired) electrons. The van der Waals surface area contributed by atoms with Crippen LogP contribution in [0.15, 0.2) is 36.5 Å². The van der Waals surface area contributed by atoms with Crippen molar-refractivity contribution in [1.29, 1.82) is 0 Å². The number of rotatable bonds is 2. The molecule has 0 unspecified atom stereocenters. The highest BCUT2D eigenvalue weighted by Crippen LogP contribution is 2.31. The maximum Gasteiger partial charge on any atom is 0.416 e. The second-order valence-corrected chi connectivity index (χ2v) is 4.00. The van der Waals surface area contributed by atoms with Gasteiger partial charge in [0.25, 0.3) is 0 Å². The van der Waals surface area contributed by atoms with Crippen LogP contribution in [0.25, 0.3) is 0 Å². The Hall–Kier alpha value is -2.24. The first-order valence-corrected chi connectivity index (χ1v) is 5.43.